The van der Waals surface area contributed by atoms with Gasteiger partial charge in [-0.3, -0.25) is 0 Å². The van der Waals surface area contributed by atoms with Crippen LogP contribution in [0.15, 0.2) is 36.1 Å². The van der Waals surface area contributed by atoms with Crippen molar-refractivity contribution in [1.82, 2.24) is 0 Å². The highest BCUT2D eigenvalue weighted by atomic mass is 32.1. The highest BCUT2D eigenvalue weighted by Crippen LogP contribution is 2.43. The smallest absolute Gasteiger partial charge is 0.168 e. The SMILES string of the molecule is CCCCCC(C)(C)c1ccc(OCCOCCO)c(OCC2(C)CCC(CO)O2)c1COC1=CC=CCC1=S. The van der Waals surface area contributed by atoms with Crippen molar-refractivity contribution >= 4 is 17.1 Å². The van der Waals surface area contributed by atoms with Gasteiger partial charge in [0.15, 0.2) is 11.5 Å². The molecule has 0 amide bonds. The molecule has 8 heteroatoms. The van der Waals surface area contributed by atoms with E-state index in [9.17, 15) is 5.11 Å². The number of thiocarbonyl (C=S) groups is 1. The largest absolute Gasteiger partial charge is 0.488 e. The summed E-state index contributed by atoms with van der Waals surface area (Å²) in [5.74, 6) is 1.96. The van der Waals surface area contributed by atoms with Crippen LogP contribution >= 0.6 is 12.2 Å². The van der Waals surface area contributed by atoms with Crippen LogP contribution in [0.3, 0.4) is 0 Å². The molecule has 3 rings (SSSR count). The molecule has 1 aromatic carbocycles. The Hall–Kier alpha value is -1.97. The maximum absolute atomic E-state index is 9.61. The van der Waals surface area contributed by atoms with Crippen LogP contribution in [0.1, 0.15) is 83.8 Å². The lowest BCUT2D eigenvalue weighted by Crippen LogP contribution is -2.34. The fraction of sp³-hybridized carbons (Fsp3) is 0.656. The molecule has 224 valence electrons. The van der Waals surface area contributed by atoms with Crippen LogP contribution in [-0.2, 0) is 26.2 Å². The van der Waals surface area contributed by atoms with Crippen molar-refractivity contribution in [2.24, 2.45) is 0 Å². The highest BCUT2D eigenvalue weighted by molar-refractivity contribution is 7.80. The molecule has 1 aromatic rings. The van der Waals surface area contributed by atoms with Gasteiger partial charge < -0.3 is 33.9 Å². The van der Waals surface area contributed by atoms with Crippen LogP contribution in [0.2, 0.25) is 0 Å². The van der Waals surface area contributed by atoms with Crippen molar-refractivity contribution in [1.29, 1.82) is 0 Å². The number of ether oxygens (including phenoxy) is 5. The minimum atomic E-state index is -0.516. The van der Waals surface area contributed by atoms with E-state index in [1.807, 2.05) is 31.2 Å². The maximum atomic E-state index is 9.61. The fourth-order valence-corrected chi connectivity index (χ4v) is 5.46. The van der Waals surface area contributed by atoms with Crippen molar-refractivity contribution < 1.29 is 33.9 Å². The van der Waals surface area contributed by atoms with Gasteiger partial charge in [0, 0.05) is 12.0 Å². The van der Waals surface area contributed by atoms with Crippen molar-refractivity contribution in [3.63, 3.8) is 0 Å². The van der Waals surface area contributed by atoms with Crippen LogP contribution in [0.25, 0.3) is 0 Å². The van der Waals surface area contributed by atoms with E-state index in [1.165, 1.54) is 6.42 Å². The topological polar surface area (TPSA) is 86.6 Å². The van der Waals surface area contributed by atoms with Gasteiger partial charge in [-0.15, -0.1) is 0 Å². The van der Waals surface area contributed by atoms with Gasteiger partial charge in [-0.1, -0.05) is 70.5 Å². The minimum absolute atomic E-state index is 0.00177. The van der Waals surface area contributed by atoms with Gasteiger partial charge in [-0.2, -0.15) is 0 Å². The van der Waals surface area contributed by atoms with Gasteiger partial charge in [0.05, 0.1) is 43.0 Å². The Kier molecular flexibility index (Phi) is 12.9. The molecule has 1 saturated heterocycles. The predicted molar refractivity (Wildman–Crippen MR) is 161 cm³/mol. The van der Waals surface area contributed by atoms with Gasteiger partial charge in [-0.05, 0) is 49.3 Å². The Morgan fingerprint density at radius 1 is 1.10 bits per heavy atom. The highest BCUT2D eigenvalue weighted by Gasteiger charge is 2.37. The predicted octanol–water partition coefficient (Wildman–Crippen LogP) is 5.97. The molecule has 1 aliphatic carbocycles. The van der Waals surface area contributed by atoms with Crippen molar-refractivity contribution in [3.05, 3.63) is 47.2 Å². The molecule has 40 heavy (non-hydrogen) atoms. The molecular formula is C32H48O7S. The maximum Gasteiger partial charge on any atom is 0.168 e. The van der Waals surface area contributed by atoms with Crippen LogP contribution in [0, 0.1) is 0 Å². The molecule has 1 heterocycles. The number of hydrogen-bond acceptors (Lipinski definition) is 8. The first-order valence-electron chi connectivity index (χ1n) is 14.6. The van der Waals surface area contributed by atoms with E-state index in [0.717, 1.165) is 48.1 Å². The Morgan fingerprint density at radius 3 is 2.62 bits per heavy atom. The molecule has 1 fully saturated rings. The van der Waals surface area contributed by atoms with Crippen molar-refractivity contribution in [2.75, 3.05) is 39.6 Å². The summed E-state index contributed by atoms with van der Waals surface area (Å²) in [5, 5.41) is 18.6. The molecule has 0 radical (unpaired) electrons. The molecular weight excluding hydrogens is 528 g/mol. The van der Waals surface area contributed by atoms with Gasteiger partial charge in [0.25, 0.3) is 0 Å². The van der Waals surface area contributed by atoms with Crippen LogP contribution in [0.4, 0.5) is 0 Å². The second-order valence-electron chi connectivity index (χ2n) is 11.5. The van der Waals surface area contributed by atoms with Crippen LogP contribution < -0.4 is 9.47 Å². The fourth-order valence-electron chi connectivity index (χ4n) is 5.23. The Bertz CT molecular complexity index is 1020. The lowest BCUT2D eigenvalue weighted by Gasteiger charge is -2.31. The number of unbranched alkanes of at least 4 members (excludes halogenated alkanes) is 2. The number of aliphatic hydroxyl groups is 2. The van der Waals surface area contributed by atoms with Crippen molar-refractivity contribution in [2.45, 2.75) is 96.4 Å². The van der Waals surface area contributed by atoms with E-state index in [2.05, 4.69) is 26.8 Å². The normalized spacial score (nSPS) is 21.0. The number of hydrogen-bond donors (Lipinski definition) is 2. The van der Waals surface area contributed by atoms with E-state index in [4.69, 9.17) is 41.0 Å². The standard InChI is InChI=1S/C32H48O7S/c1-5-6-9-15-31(2,3)26-12-13-28(36-20-19-35-18-17-33)30(38-23-32(4)16-14-24(21-34)39-32)25(26)22-37-27-10-7-8-11-29(27)40/h7-8,10,12-13,24,33-34H,5-6,9,11,14-23H2,1-4H3. The summed E-state index contributed by atoms with van der Waals surface area (Å²) >= 11 is 5.56. The Balaban J connectivity index is 1.96. The lowest BCUT2D eigenvalue weighted by atomic mass is 9.77. The van der Waals surface area contributed by atoms with Gasteiger partial charge in [-0.25, -0.2) is 0 Å². The quantitative estimate of drug-likeness (QED) is 0.163. The first kappa shape index (κ1) is 32.5. The summed E-state index contributed by atoms with van der Waals surface area (Å²) < 4.78 is 30.7. The number of benzene rings is 1. The van der Waals surface area contributed by atoms with E-state index in [1.54, 1.807) is 0 Å². The summed E-state index contributed by atoms with van der Waals surface area (Å²) in [5.41, 5.74) is 1.46. The zero-order valence-electron chi connectivity index (χ0n) is 24.7. The van der Waals surface area contributed by atoms with Crippen LogP contribution in [0.5, 0.6) is 11.5 Å². The first-order valence-corrected chi connectivity index (χ1v) is 15.1. The van der Waals surface area contributed by atoms with Crippen LogP contribution in [-0.4, -0.2) is 66.4 Å². The van der Waals surface area contributed by atoms with Gasteiger partial charge >= 0.3 is 0 Å². The second kappa shape index (κ2) is 15.9. The summed E-state index contributed by atoms with van der Waals surface area (Å²) in [6.45, 7) is 10.3. The average molecular weight is 577 g/mol. The van der Waals surface area contributed by atoms with E-state index in [0.29, 0.717) is 43.5 Å². The van der Waals surface area contributed by atoms with E-state index in [-0.39, 0.29) is 37.9 Å². The third-order valence-electron chi connectivity index (χ3n) is 7.59. The number of allylic oxidation sites excluding steroid dienone is 4. The van der Waals surface area contributed by atoms with E-state index >= 15 is 0 Å². The Labute approximate surface area is 245 Å². The zero-order chi connectivity index (χ0) is 29.0. The molecule has 2 atom stereocenters. The summed E-state index contributed by atoms with van der Waals surface area (Å²) in [7, 11) is 0. The molecule has 2 unspecified atom stereocenters. The number of rotatable bonds is 18. The van der Waals surface area contributed by atoms with Gasteiger partial charge in [0.1, 0.15) is 25.6 Å². The summed E-state index contributed by atoms with van der Waals surface area (Å²) in [6, 6.07) is 4.11. The molecule has 0 spiro atoms. The molecule has 0 saturated carbocycles. The Morgan fingerprint density at radius 2 is 1.93 bits per heavy atom. The van der Waals surface area contributed by atoms with Crippen molar-refractivity contribution in [3.8, 4) is 11.5 Å². The zero-order valence-corrected chi connectivity index (χ0v) is 25.5. The second-order valence-corrected chi connectivity index (χ2v) is 12.0. The minimum Gasteiger partial charge on any atom is -0.488 e. The number of aliphatic hydroxyl groups excluding tert-OH is 2. The molecule has 7 nitrogen and oxygen atoms in total. The molecule has 2 N–H and O–H groups in total. The third kappa shape index (κ3) is 9.28. The molecule has 0 aromatic heterocycles. The molecule has 0 bridgehead atoms. The summed E-state index contributed by atoms with van der Waals surface area (Å²) in [4.78, 5) is 0.782. The molecule has 2 aliphatic rings. The average Bonchev–Trinajstić information content (AvgIpc) is 3.33. The third-order valence-corrected chi connectivity index (χ3v) is 7.95. The monoisotopic (exact) mass is 576 g/mol. The molecule has 1 aliphatic heterocycles. The van der Waals surface area contributed by atoms with E-state index < -0.39 is 5.60 Å². The van der Waals surface area contributed by atoms with Gasteiger partial charge in [0.2, 0.25) is 0 Å². The summed E-state index contributed by atoms with van der Waals surface area (Å²) in [6.07, 6.45) is 12.5. The first-order chi connectivity index (χ1) is 19.2. The lowest BCUT2D eigenvalue weighted by molar-refractivity contribution is -0.0699.